The molecule has 3 aromatic carbocycles. The summed E-state index contributed by atoms with van der Waals surface area (Å²) in [5.41, 5.74) is 3.44. The highest BCUT2D eigenvalue weighted by molar-refractivity contribution is 7.18. The van der Waals surface area contributed by atoms with Crippen molar-refractivity contribution in [2.45, 2.75) is 33.4 Å². The fourth-order valence-electron chi connectivity index (χ4n) is 4.89. The van der Waals surface area contributed by atoms with Gasteiger partial charge in [-0.05, 0) is 61.4 Å². The van der Waals surface area contributed by atoms with Gasteiger partial charge in [0.15, 0.2) is 10.9 Å². The molecule has 9 heteroatoms. The van der Waals surface area contributed by atoms with E-state index in [0.29, 0.717) is 46.4 Å². The Hall–Kier alpha value is -5.02. The smallest absolute Gasteiger partial charge is 0.301 e. The summed E-state index contributed by atoms with van der Waals surface area (Å²) < 4.78 is 11.5. The second-order valence-electron chi connectivity index (χ2n) is 10.1. The molecule has 1 unspecified atom stereocenters. The molecule has 0 radical (unpaired) electrons. The summed E-state index contributed by atoms with van der Waals surface area (Å²) in [6, 6.07) is 20.6. The van der Waals surface area contributed by atoms with E-state index in [9.17, 15) is 19.5 Å². The summed E-state index contributed by atoms with van der Waals surface area (Å²) in [6.45, 7) is 9.45. The molecule has 1 atom stereocenters. The molecule has 1 N–H and O–H groups in total. The lowest BCUT2D eigenvalue weighted by Gasteiger charge is -2.23. The predicted octanol–water partition coefficient (Wildman–Crippen LogP) is 6.73. The third-order valence-corrected chi connectivity index (χ3v) is 8.19. The third kappa shape index (κ3) is 6.12. The van der Waals surface area contributed by atoms with E-state index in [1.165, 1.54) is 11.8 Å². The maximum Gasteiger partial charge on any atom is 0.301 e. The first-order valence-electron chi connectivity index (χ1n) is 13.6. The second kappa shape index (κ2) is 12.5. The van der Waals surface area contributed by atoms with Gasteiger partial charge >= 0.3 is 5.91 Å². The first kappa shape index (κ1) is 29.5. The van der Waals surface area contributed by atoms with E-state index >= 15 is 0 Å². The quantitative estimate of drug-likeness (QED) is 0.0713. The van der Waals surface area contributed by atoms with E-state index in [1.54, 1.807) is 61.5 Å². The number of aliphatic hydroxyl groups is 1. The molecule has 1 aliphatic rings. The van der Waals surface area contributed by atoms with Gasteiger partial charge in [0, 0.05) is 12.5 Å². The fraction of sp³-hybridized carbons (Fsp3) is 0.176. The minimum absolute atomic E-state index is 0.0876. The molecule has 43 heavy (non-hydrogen) atoms. The van der Waals surface area contributed by atoms with Crippen molar-refractivity contribution in [1.29, 1.82) is 0 Å². The zero-order valence-electron chi connectivity index (χ0n) is 24.0. The number of aryl methyl sites for hydroxylation is 2. The van der Waals surface area contributed by atoms with Crippen LogP contribution in [0.3, 0.4) is 0 Å². The largest absolute Gasteiger partial charge is 0.507 e. The number of carbonyl (C=O) groups is 3. The van der Waals surface area contributed by atoms with E-state index in [-0.39, 0.29) is 22.2 Å². The molecule has 1 fully saturated rings. The minimum atomic E-state index is -0.990. The normalized spacial score (nSPS) is 15.9. The average Bonchev–Trinajstić information content (AvgIpc) is 3.51. The number of rotatable bonds is 10. The van der Waals surface area contributed by atoms with Crippen molar-refractivity contribution in [3.8, 4) is 11.5 Å². The molecule has 1 saturated heterocycles. The van der Waals surface area contributed by atoms with Crippen LogP contribution in [0.2, 0.25) is 0 Å². The summed E-state index contributed by atoms with van der Waals surface area (Å²) in [6.07, 6.45) is 1.62. The third-order valence-electron chi connectivity index (χ3n) is 6.94. The number of Topliss-reactive ketones (excluding diaryl/α,β-unsaturated/α-hetero) is 2. The maximum atomic E-state index is 13.5. The molecule has 0 saturated carbocycles. The van der Waals surface area contributed by atoms with Crippen molar-refractivity contribution in [3.05, 3.63) is 124 Å². The van der Waals surface area contributed by atoms with Crippen LogP contribution in [0.5, 0.6) is 11.5 Å². The van der Waals surface area contributed by atoms with Gasteiger partial charge in [-0.3, -0.25) is 19.3 Å². The summed E-state index contributed by atoms with van der Waals surface area (Å²) in [7, 11) is 0. The number of nitrogens with zero attached hydrogens (tertiary/aromatic N) is 2. The number of hydrogen-bond donors (Lipinski definition) is 1. The molecule has 4 aromatic rings. The highest BCUT2D eigenvalue weighted by Gasteiger charge is 2.48. The van der Waals surface area contributed by atoms with Crippen LogP contribution in [-0.4, -0.2) is 34.2 Å². The Morgan fingerprint density at radius 1 is 1.02 bits per heavy atom. The summed E-state index contributed by atoms with van der Waals surface area (Å²) in [4.78, 5) is 45.3. The summed E-state index contributed by atoms with van der Waals surface area (Å²) in [5, 5.41) is 11.7. The molecular weight excluding hydrogens is 564 g/mol. The van der Waals surface area contributed by atoms with Crippen LogP contribution in [0.15, 0.2) is 91.0 Å². The molecule has 0 spiro atoms. The van der Waals surface area contributed by atoms with Crippen molar-refractivity contribution in [2.24, 2.45) is 0 Å². The number of anilines is 1. The van der Waals surface area contributed by atoms with Crippen LogP contribution in [0.1, 0.15) is 50.6 Å². The van der Waals surface area contributed by atoms with Gasteiger partial charge in [0.25, 0.3) is 5.78 Å². The lowest BCUT2D eigenvalue weighted by atomic mass is 9.95. The number of aliphatic hydroxyl groups excluding tert-OH is 1. The number of thiazole rings is 1. The minimum Gasteiger partial charge on any atom is -0.507 e. The van der Waals surface area contributed by atoms with Gasteiger partial charge in [0.1, 0.15) is 30.5 Å². The number of carbonyl (C=O) groups excluding carboxylic acids is 3. The lowest BCUT2D eigenvalue weighted by molar-refractivity contribution is -0.132. The number of amides is 1. The second-order valence-corrected chi connectivity index (χ2v) is 11.1. The predicted molar refractivity (Wildman–Crippen MR) is 166 cm³/mol. The molecule has 0 aliphatic carbocycles. The first-order chi connectivity index (χ1) is 20.7. The Bertz CT molecular complexity index is 1740. The van der Waals surface area contributed by atoms with E-state index < -0.39 is 17.7 Å². The first-order valence-corrected chi connectivity index (χ1v) is 14.4. The molecule has 0 bridgehead atoms. The van der Waals surface area contributed by atoms with Crippen molar-refractivity contribution < 1.29 is 29.0 Å². The number of ketones is 2. The summed E-state index contributed by atoms with van der Waals surface area (Å²) in [5.74, 6) is -1.07. The van der Waals surface area contributed by atoms with Gasteiger partial charge in [-0.15, -0.1) is 0 Å². The fourth-order valence-corrected chi connectivity index (χ4v) is 5.88. The number of aromatic nitrogens is 1. The Balaban J connectivity index is 1.52. The van der Waals surface area contributed by atoms with Crippen LogP contribution in [0.25, 0.3) is 5.76 Å². The Kier molecular flexibility index (Phi) is 8.54. The zero-order valence-corrected chi connectivity index (χ0v) is 24.8. The zero-order chi connectivity index (χ0) is 30.7. The highest BCUT2D eigenvalue weighted by atomic mass is 32.1. The summed E-state index contributed by atoms with van der Waals surface area (Å²) >= 11 is 1.03. The van der Waals surface area contributed by atoms with Crippen molar-refractivity contribution >= 4 is 39.7 Å². The SMILES string of the molecule is C=CCOc1ccc(C2C(=C(O)c3ccc(OCc4cccc(C)c4)cc3)C(=O)C(=O)N2c2nc(C)c(C(C)=O)s2)cc1. The van der Waals surface area contributed by atoms with Gasteiger partial charge in [0.05, 0.1) is 22.2 Å². The van der Waals surface area contributed by atoms with E-state index in [4.69, 9.17) is 9.47 Å². The van der Waals surface area contributed by atoms with Gasteiger partial charge < -0.3 is 14.6 Å². The number of benzene rings is 3. The van der Waals surface area contributed by atoms with Crippen LogP contribution in [0.4, 0.5) is 5.13 Å². The van der Waals surface area contributed by atoms with Gasteiger partial charge in [0.2, 0.25) is 0 Å². The standard InChI is InChI=1S/C34H30N2O6S/c1-5-17-41-26-13-9-24(10-14-26)29-28(31(39)33(40)36(29)34-35-21(3)32(43-34)22(4)37)30(38)25-11-15-27(16-12-25)42-19-23-8-6-7-20(2)18-23/h5-16,18,29,38H,1,17,19H2,2-4H3. The van der Waals surface area contributed by atoms with E-state index in [2.05, 4.69) is 11.6 Å². The van der Waals surface area contributed by atoms with E-state index in [0.717, 1.165) is 22.5 Å². The molecule has 1 amide bonds. The van der Waals surface area contributed by atoms with Gasteiger partial charge in [-0.1, -0.05) is 66.0 Å². The lowest BCUT2D eigenvalue weighted by Crippen LogP contribution is -2.29. The molecule has 5 rings (SSSR count). The Morgan fingerprint density at radius 2 is 1.70 bits per heavy atom. The van der Waals surface area contributed by atoms with Crippen LogP contribution in [-0.2, 0) is 16.2 Å². The van der Waals surface area contributed by atoms with E-state index in [1.807, 2.05) is 31.2 Å². The topological polar surface area (TPSA) is 106 Å². The molecule has 1 aliphatic heterocycles. The highest BCUT2D eigenvalue weighted by Crippen LogP contribution is 2.44. The Morgan fingerprint density at radius 3 is 2.33 bits per heavy atom. The maximum absolute atomic E-state index is 13.5. The molecule has 8 nitrogen and oxygen atoms in total. The average molecular weight is 595 g/mol. The van der Waals surface area contributed by atoms with Crippen LogP contribution in [0, 0.1) is 13.8 Å². The van der Waals surface area contributed by atoms with Crippen molar-refractivity contribution in [3.63, 3.8) is 0 Å². The van der Waals surface area contributed by atoms with Gasteiger partial charge in [-0.25, -0.2) is 4.98 Å². The molecule has 2 heterocycles. The van der Waals surface area contributed by atoms with Crippen LogP contribution >= 0.6 is 11.3 Å². The molecular formula is C34H30N2O6S. The Labute approximate surface area is 253 Å². The number of hydrogen-bond acceptors (Lipinski definition) is 8. The number of ether oxygens (including phenoxy) is 2. The van der Waals surface area contributed by atoms with Crippen LogP contribution < -0.4 is 14.4 Å². The van der Waals surface area contributed by atoms with Gasteiger partial charge in [-0.2, -0.15) is 0 Å². The molecule has 1 aromatic heterocycles. The molecule has 218 valence electrons. The van der Waals surface area contributed by atoms with Crippen molar-refractivity contribution in [2.75, 3.05) is 11.5 Å². The van der Waals surface area contributed by atoms with Crippen molar-refractivity contribution in [1.82, 2.24) is 4.98 Å². The monoisotopic (exact) mass is 594 g/mol.